The molecule has 0 atom stereocenters. The number of nitrogens with one attached hydrogen (secondary N) is 1. The number of hydrogen-bond acceptors (Lipinski definition) is 1. The zero-order valence-electron chi connectivity index (χ0n) is 9.50. The van der Waals surface area contributed by atoms with Crippen molar-refractivity contribution < 1.29 is 0 Å². The molecule has 1 aliphatic carbocycles. The van der Waals surface area contributed by atoms with Crippen LogP contribution in [0.5, 0.6) is 0 Å². The fourth-order valence-electron chi connectivity index (χ4n) is 2.11. The number of aryl methyl sites for hydroxylation is 1. The average molecular weight is 204 g/mol. The van der Waals surface area contributed by atoms with Gasteiger partial charge in [-0.2, -0.15) is 0 Å². The van der Waals surface area contributed by atoms with E-state index in [2.05, 4.69) is 41.5 Å². The second-order valence-electron chi connectivity index (χ2n) is 4.37. The van der Waals surface area contributed by atoms with Crippen LogP contribution in [0.1, 0.15) is 31.2 Å². The van der Waals surface area contributed by atoms with Gasteiger partial charge in [-0.15, -0.1) is 0 Å². The molecule has 0 fully saturated rings. The molecular formula is C13H20N2. The minimum absolute atomic E-state index is 0.994. The van der Waals surface area contributed by atoms with Crippen molar-refractivity contribution in [2.45, 2.75) is 32.2 Å². The van der Waals surface area contributed by atoms with Crippen LogP contribution in [-0.4, -0.2) is 11.1 Å². The van der Waals surface area contributed by atoms with Gasteiger partial charge in [-0.1, -0.05) is 11.6 Å². The van der Waals surface area contributed by atoms with Crippen LogP contribution in [0.3, 0.4) is 0 Å². The molecule has 2 heteroatoms. The Morgan fingerprint density at radius 2 is 2.40 bits per heavy atom. The molecule has 0 aliphatic heterocycles. The zero-order valence-corrected chi connectivity index (χ0v) is 9.50. The highest BCUT2D eigenvalue weighted by Crippen LogP contribution is 2.19. The quantitative estimate of drug-likeness (QED) is 0.576. The van der Waals surface area contributed by atoms with Crippen molar-refractivity contribution in [3.05, 3.63) is 35.7 Å². The van der Waals surface area contributed by atoms with E-state index in [1.807, 2.05) is 0 Å². The van der Waals surface area contributed by atoms with Crippen LogP contribution in [0.15, 0.2) is 30.1 Å². The summed E-state index contributed by atoms with van der Waals surface area (Å²) in [4.78, 5) is 0. The normalized spacial score (nSPS) is 15.7. The van der Waals surface area contributed by atoms with Gasteiger partial charge < -0.3 is 9.88 Å². The van der Waals surface area contributed by atoms with Crippen molar-refractivity contribution in [1.82, 2.24) is 9.88 Å². The van der Waals surface area contributed by atoms with Crippen molar-refractivity contribution in [3.8, 4) is 0 Å². The van der Waals surface area contributed by atoms with Crippen molar-refractivity contribution >= 4 is 0 Å². The summed E-state index contributed by atoms with van der Waals surface area (Å²) in [5.74, 6) is 0. The monoisotopic (exact) mass is 204 g/mol. The van der Waals surface area contributed by atoms with Gasteiger partial charge in [-0.3, -0.25) is 0 Å². The highest BCUT2D eigenvalue weighted by atomic mass is 14.9. The first-order valence-electron chi connectivity index (χ1n) is 5.84. The molecule has 82 valence electrons. The molecule has 2 rings (SSSR count). The molecule has 0 aromatic carbocycles. The van der Waals surface area contributed by atoms with Gasteiger partial charge >= 0.3 is 0 Å². The SMILES string of the molecule is Cn1ccc(CNCCC2=CCCC2)c1. The van der Waals surface area contributed by atoms with Gasteiger partial charge in [0.25, 0.3) is 0 Å². The fraction of sp³-hybridized carbons (Fsp3) is 0.538. The molecule has 1 N–H and O–H groups in total. The maximum Gasteiger partial charge on any atom is 0.0220 e. The van der Waals surface area contributed by atoms with Crippen LogP contribution >= 0.6 is 0 Å². The fourth-order valence-corrected chi connectivity index (χ4v) is 2.11. The Hall–Kier alpha value is -1.02. The lowest BCUT2D eigenvalue weighted by Crippen LogP contribution is -2.14. The molecule has 1 aliphatic rings. The second-order valence-corrected chi connectivity index (χ2v) is 4.37. The maximum absolute atomic E-state index is 3.49. The first-order valence-corrected chi connectivity index (χ1v) is 5.84. The van der Waals surface area contributed by atoms with Gasteiger partial charge in [0.05, 0.1) is 0 Å². The minimum atomic E-state index is 0.994. The van der Waals surface area contributed by atoms with E-state index in [9.17, 15) is 0 Å². The Morgan fingerprint density at radius 1 is 1.47 bits per heavy atom. The lowest BCUT2D eigenvalue weighted by atomic mass is 10.2. The van der Waals surface area contributed by atoms with Gasteiger partial charge in [-0.25, -0.2) is 0 Å². The summed E-state index contributed by atoms with van der Waals surface area (Å²) in [6.07, 6.45) is 11.9. The highest BCUT2D eigenvalue weighted by Gasteiger charge is 2.03. The third-order valence-corrected chi connectivity index (χ3v) is 2.98. The van der Waals surface area contributed by atoms with Crippen LogP contribution in [0, 0.1) is 0 Å². The Balaban J connectivity index is 1.62. The zero-order chi connectivity index (χ0) is 10.5. The molecule has 0 amide bonds. The van der Waals surface area contributed by atoms with Gasteiger partial charge in [0.1, 0.15) is 0 Å². The number of allylic oxidation sites excluding steroid dienone is 1. The standard InChI is InChI=1S/C13H20N2/c1-15-9-7-13(11-15)10-14-8-6-12-4-2-3-5-12/h4,7,9,11,14H,2-3,5-6,8,10H2,1H3. The van der Waals surface area contributed by atoms with Crippen molar-refractivity contribution in [3.63, 3.8) is 0 Å². The second kappa shape index (κ2) is 5.17. The Kier molecular flexibility index (Phi) is 3.62. The predicted molar refractivity (Wildman–Crippen MR) is 63.7 cm³/mol. The highest BCUT2D eigenvalue weighted by molar-refractivity contribution is 5.10. The van der Waals surface area contributed by atoms with E-state index in [1.54, 1.807) is 5.57 Å². The van der Waals surface area contributed by atoms with Crippen LogP contribution in [0.2, 0.25) is 0 Å². The molecule has 0 spiro atoms. The summed E-state index contributed by atoms with van der Waals surface area (Å²) < 4.78 is 2.09. The molecule has 0 unspecified atom stereocenters. The summed E-state index contributed by atoms with van der Waals surface area (Å²) in [7, 11) is 2.06. The molecule has 0 radical (unpaired) electrons. The van der Waals surface area contributed by atoms with Crippen molar-refractivity contribution in [2.75, 3.05) is 6.54 Å². The lowest BCUT2D eigenvalue weighted by molar-refractivity contribution is 0.675. The smallest absolute Gasteiger partial charge is 0.0220 e. The number of aromatic nitrogens is 1. The molecule has 1 aromatic heterocycles. The lowest BCUT2D eigenvalue weighted by Gasteiger charge is -2.03. The van der Waals surface area contributed by atoms with E-state index in [-0.39, 0.29) is 0 Å². The summed E-state index contributed by atoms with van der Waals surface area (Å²) in [6, 6.07) is 2.17. The summed E-state index contributed by atoms with van der Waals surface area (Å²) in [5, 5.41) is 3.49. The van der Waals surface area contributed by atoms with E-state index in [0.29, 0.717) is 0 Å². The molecule has 1 heterocycles. The third-order valence-electron chi connectivity index (χ3n) is 2.98. The van der Waals surface area contributed by atoms with E-state index >= 15 is 0 Å². The first kappa shape index (κ1) is 10.5. The third kappa shape index (κ3) is 3.24. The molecule has 2 nitrogen and oxygen atoms in total. The Labute approximate surface area is 92.0 Å². The predicted octanol–water partition coefficient (Wildman–Crippen LogP) is 2.62. The first-order chi connectivity index (χ1) is 7.34. The number of nitrogens with zero attached hydrogens (tertiary/aromatic N) is 1. The van der Waals surface area contributed by atoms with Crippen LogP contribution in [0.4, 0.5) is 0 Å². The minimum Gasteiger partial charge on any atom is -0.357 e. The van der Waals surface area contributed by atoms with Crippen molar-refractivity contribution in [1.29, 1.82) is 0 Å². The van der Waals surface area contributed by atoms with Gasteiger partial charge in [0, 0.05) is 26.0 Å². The van der Waals surface area contributed by atoms with E-state index < -0.39 is 0 Å². The number of hydrogen-bond donors (Lipinski definition) is 1. The maximum atomic E-state index is 3.49. The molecule has 15 heavy (non-hydrogen) atoms. The molecule has 0 saturated heterocycles. The summed E-state index contributed by atoms with van der Waals surface area (Å²) in [5.41, 5.74) is 3.02. The van der Waals surface area contributed by atoms with E-state index in [1.165, 1.54) is 31.2 Å². The van der Waals surface area contributed by atoms with Crippen LogP contribution in [0.25, 0.3) is 0 Å². The van der Waals surface area contributed by atoms with Gasteiger partial charge in [-0.05, 0) is 43.9 Å². The van der Waals surface area contributed by atoms with Crippen molar-refractivity contribution in [2.24, 2.45) is 7.05 Å². The topological polar surface area (TPSA) is 17.0 Å². The Morgan fingerprint density at radius 3 is 3.07 bits per heavy atom. The Bertz CT molecular complexity index is 336. The largest absolute Gasteiger partial charge is 0.357 e. The summed E-state index contributed by atoms with van der Waals surface area (Å²) >= 11 is 0. The van der Waals surface area contributed by atoms with Crippen LogP contribution in [-0.2, 0) is 13.6 Å². The molecular weight excluding hydrogens is 184 g/mol. The van der Waals surface area contributed by atoms with Gasteiger partial charge in [0.2, 0.25) is 0 Å². The van der Waals surface area contributed by atoms with E-state index in [4.69, 9.17) is 0 Å². The van der Waals surface area contributed by atoms with Crippen LogP contribution < -0.4 is 5.32 Å². The number of rotatable bonds is 5. The van der Waals surface area contributed by atoms with E-state index in [0.717, 1.165) is 13.1 Å². The van der Waals surface area contributed by atoms with Gasteiger partial charge in [0.15, 0.2) is 0 Å². The molecule has 0 bridgehead atoms. The summed E-state index contributed by atoms with van der Waals surface area (Å²) in [6.45, 7) is 2.11. The average Bonchev–Trinajstić information content (AvgIpc) is 2.84. The molecule has 1 aromatic rings. The molecule has 0 saturated carbocycles.